The SMILES string of the molecule is COc1cc(NC(=O)c2ccc(Oc3ccccc3)cc2)ccc1N1CCCC1=O. The number of ether oxygens (including phenoxy) is 2. The minimum atomic E-state index is -0.242. The zero-order valence-corrected chi connectivity index (χ0v) is 16.6. The lowest BCUT2D eigenvalue weighted by atomic mass is 10.2. The molecule has 1 fully saturated rings. The Morgan fingerprint density at radius 3 is 2.37 bits per heavy atom. The Morgan fingerprint density at radius 1 is 0.967 bits per heavy atom. The van der Waals surface area contributed by atoms with Crippen molar-refractivity contribution >= 4 is 23.2 Å². The fraction of sp³-hybridized carbons (Fsp3) is 0.167. The third kappa shape index (κ3) is 4.27. The lowest BCUT2D eigenvalue weighted by Crippen LogP contribution is -2.24. The average molecular weight is 402 g/mol. The van der Waals surface area contributed by atoms with Crippen LogP contribution in [0.15, 0.2) is 72.8 Å². The molecule has 0 saturated carbocycles. The standard InChI is InChI=1S/C24H22N2O4/c1-29-22-16-18(11-14-21(22)26-15-5-8-23(26)27)25-24(28)17-9-12-20(13-10-17)30-19-6-3-2-4-7-19/h2-4,6-7,9-14,16H,5,8,15H2,1H3,(H,25,28). The summed E-state index contributed by atoms with van der Waals surface area (Å²) in [5.74, 6) is 1.78. The van der Waals surface area contributed by atoms with Crippen molar-refractivity contribution in [2.24, 2.45) is 0 Å². The molecule has 1 aliphatic rings. The Morgan fingerprint density at radius 2 is 1.70 bits per heavy atom. The number of para-hydroxylation sites is 1. The summed E-state index contributed by atoms with van der Waals surface area (Å²) in [6, 6.07) is 21.7. The zero-order valence-electron chi connectivity index (χ0n) is 16.6. The number of methoxy groups -OCH3 is 1. The molecule has 30 heavy (non-hydrogen) atoms. The summed E-state index contributed by atoms with van der Waals surface area (Å²) < 4.78 is 11.2. The van der Waals surface area contributed by atoms with E-state index < -0.39 is 0 Å². The molecule has 2 amide bonds. The van der Waals surface area contributed by atoms with Crippen LogP contribution in [0.25, 0.3) is 0 Å². The minimum absolute atomic E-state index is 0.0860. The predicted octanol–water partition coefficient (Wildman–Crippen LogP) is 4.87. The van der Waals surface area contributed by atoms with Crippen LogP contribution in [0.2, 0.25) is 0 Å². The molecule has 152 valence electrons. The van der Waals surface area contributed by atoms with Gasteiger partial charge in [0.25, 0.3) is 5.91 Å². The minimum Gasteiger partial charge on any atom is -0.494 e. The van der Waals surface area contributed by atoms with E-state index in [2.05, 4.69) is 5.32 Å². The van der Waals surface area contributed by atoms with Gasteiger partial charge < -0.3 is 19.7 Å². The van der Waals surface area contributed by atoms with Crippen LogP contribution in [0.3, 0.4) is 0 Å². The van der Waals surface area contributed by atoms with Gasteiger partial charge in [-0.25, -0.2) is 0 Å². The fourth-order valence-corrected chi connectivity index (χ4v) is 3.38. The van der Waals surface area contributed by atoms with Gasteiger partial charge in [0.15, 0.2) is 0 Å². The third-order valence-corrected chi connectivity index (χ3v) is 4.90. The lowest BCUT2D eigenvalue weighted by molar-refractivity contribution is -0.117. The number of rotatable bonds is 6. The molecule has 0 bridgehead atoms. The quantitative estimate of drug-likeness (QED) is 0.639. The van der Waals surface area contributed by atoms with Crippen LogP contribution in [0, 0.1) is 0 Å². The van der Waals surface area contributed by atoms with Crippen LogP contribution in [0.4, 0.5) is 11.4 Å². The van der Waals surface area contributed by atoms with Crippen molar-refractivity contribution < 1.29 is 19.1 Å². The molecule has 0 aromatic heterocycles. The molecule has 6 heteroatoms. The zero-order chi connectivity index (χ0) is 20.9. The van der Waals surface area contributed by atoms with Crippen molar-refractivity contribution in [3.05, 3.63) is 78.4 Å². The van der Waals surface area contributed by atoms with Gasteiger partial charge in [0.1, 0.15) is 17.2 Å². The maximum atomic E-state index is 12.6. The van der Waals surface area contributed by atoms with Gasteiger partial charge in [0, 0.05) is 30.3 Å². The number of anilines is 2. The molecule has 3 aromatic rings. The number of nitrogens with one attached hydrogen (secondary N) is 1. The Labute approximate surface area is 175 Å². The smallest absolute Gasteiger partial charge is 0.255 e. The van der Waals surface area contributed by atoms with Crippen molar-refractivity contribution in [3.63, 3.8) is 0 Å². The van der Waals surface area contributed by atoms with E-state index in [-0.39, 0.29) is 11.8 Å². The van der Waals surface area contributed by atoms with Crippen molar-refractivity contribution in [2.45, 2.75) is 12.8 Å². The molecule has 0 atom stereocenters. The first-order chi connectivity index (χ1) is 14.6. The molecular weight excluding hydrogens is 380 g/mol. The van der Waals surface area contributed by atoms with E-state index >= 15 is 0 Å². The number of hydrogen-bond donors (Lipinski definition) is 1. The van der Waals surface area contributed by atoms with Gasteiger partial charge in [-0.2, -0.15) is 0 Å². The van der Waals surface area contributed by atoms with Crippen molar-refractivity contribution in [2.75, 3.05) is 23.9 Å². The van der Waals surface area contributed by atoms with E-state index in [1.807, 2.05) is 30.3 Å². The molecule has 6 nitrogen and oxygen atoms in total. The van der Waals surface area contributed by atoms with E-state index in [0.29, 0.717) is 35.7 Å². The molecule has 0 aliphatic carbocycles. The number of amides is 2. The van der Waals surface area contributed by atoms with Crippen LogP contribution < -0.4 is 19.7 Å². The molecule has 0 radical (unpaired) electrons. The van der Waals surface area contributed by atoms with Crippen LogP contribution in [-0.4, -0.2) is 25.5 Å². The normalized spacial score (nSPS) is 13.2. The highest BCUT2D eigenvalue weighted by molar-refractivity contribution is 6.05. The Balaban J connectivity index is 1.45. The van der Waals surface area contributed by atoms with Gasteiger partial charge in [0.2, 0.25) is 5.91 Å². The van der Waals surface area contributed by atoms with Gasteiger partial charge in [-0.3, -0.25) is 9.59 Å². The average Bonchev–Trinajstić information content (AvgIpc) is 3.20. The number of benzene rings is 3. The first kappa shape index (κ1) is 19.5. The molecule has 0 spiro atoms. The van der Waals surface area contributed by atoms with Gasteiger partial charge >= 0.3 is 0 Å². The van der Waals surface area contributed by atoms with Crippen LogP contribution in [0.5, 0.6) is 17.2 Å². The Kier molecular flexibility index (Phi) is 5.66. The van der Waals surface area contributed by atoms with Gasteiger partial charge in [-0.1, -0.05) is 18.2 Å². The second-order valence-corrected chi connectivity index (χ2v) is 6.93. The molecule has 1 heterocycles. The molecule has 0 unspecified atom stereocenters. The summed E-state index contributed by atoms with van der Waals surface area (Å²) in [6.45, 7) is 0.679. The van der Waals surface area contributed by atoms with Crippen LogP contribution in [0.1, 0.15) is 23.2 Å². The molecule has 1 N–H and O–H groups in total. The Bertz CT molecular complexity index is 1050. The number of hydrogen-bond acceptors (Lipinski definition) is 4. The summed E-state index contributed by atoms with van der Waals surface area (Å²) in [5.41, 5.74) is 1.82. The highest BCUT2D eigenvalue weighted by Crippen LogP contribution is 2.34. The fourth-order valence-electron chi connectivity index (χ4n) is 3.38. The topological polar surface area (TPSA) is 67.9 Å². The summed E-state index contributed by atoms with van der Waals surface area (Å²) >= 11 is 0. The molecule has 1 saturated heterocycles. The van der Waals surface area contributed by atoms with E-state index in [1.54, 1.807) is 54.5 Å². The predicted molar refractivity (Wildman–Crippen MR) is 115 cm³/mol. The van der Waals surface area contributed by atoms with Crippen molar-refractivity contribution in [1.29, 1.82) is 0 Å². The molecule has 4 rings (SSSR count). The summed E-state index contributed by atoms with van der Waals surface area (Å²) in [5, 5.41) is 2.87. The number of carbonyl (C=O) groups is 2. The summed E-state index contributed by atoms with van der Waals surface area (Å²) in [7, 11) is 1.55. The largest absolute Gasteiger partial charge is 0.494 e. The van der Waals surface area contributed by atoms with Crippen molar-refractivity contribution in [3.8, 4) is 17.2 Å². The highest BCUT2D eigenvalue weighted by Gasteiger charge is 2.24. The monoisotopic (exact) mass is 402 g/mol. The maximum Gasteiger partial charge on any atom is 0.255 e. The van der Waals surface area contributed by atoms with Gasteiger partial charge in [-0.05, 0) is 55.0 Å². The van der Waals surface area contributed by atoms with Gasteiger partial charge in [0.05, 0.1) is 12.8 Å². The summed E-state index contributed by atoms with van der Waals surface area (Å²) in [6.07, 6.45) is 1.39. The second-order valence-electron chi connectivity index (χ2n) is 6.93. The first-order valence-electron chi connectivity index (χ1n) is 9.77. The first-order valence-corrected chi connectivity index (χ1v) is 9.77. The van der Waals surface area contributed by atoms with Crippen molar-refractivity contribution in [1.82, 2.24) is 0 Å². The van der Waals surface area contributed by atoms with E-state index in [4.69, 9.17) is 9.47 Å². The van der Waals surface area contributed by atoms with E-state index in [0.717, 1.165) is 17.9 Å². The van der Waals surface area contributed by atoms with Crippen LogP contribution >= 0.6 is 0 Å². The maximum absolute atomic E-state index is 12.6. The molecule has 1 aliphatic heterocycles. The van der Waals surface area contributed by atoms with Crippen LogP contribution in [-0.2, 0) is 4.79 Å². The summed E-state index contributed by atoms with van der Waals surface area (Å²) in [4.78, 5) is 26.4. The highest BCUT2D eigenvalue weighted by atomic mass is 16.5. The van der Waals surface area contributed by atoms with Gasteiger partial charge in [-0.15, -0.1) is 0 Å². The molecular formula is C24H22N2O4. The Hall–Kier alpha value is -3.80. The molecule has 3 aromatic carbocycles. The number of carbonyl (C=O) groups excluding carboxylic acids is 2. The van der Waals surface area contributed by atoms with E-state index in [9.17, 15) is 9.59 Å². The lowest BCUT2D eigenvalue weighted by Gasteiger charge is -2.19. The third-order valence-electron chi connectivity index (χ3n) is 4.90. The number of nitrogens with zero attached hydrogens (tertiary/aromatic N) is 1. The van der Waals surface area contributed by atoms with E-state index in [1.165, 1.54) is 0 Å². The second kappa shape index (κ2) is 8.69.